The van der Waals surface area contributed by atoms with E-state index in [-0.39, 0.29) is 10.6 Å². The number of carbonyl (C=O) groups is 2. The minimum atomic E-state index is -1.20. The van der Waals surface area contributed by atoms with E-state index in [1.807, 2.05) is 0 Å². The summed E-state index contributed by atoms with van der Waals surface area (Å²) in [5.41, 5.74) is -0.375. The van der Waals surface area contributed by atoms with Crippen molar-refractivity contribution in [1.82, 2.24) is 0 Å². The maximum absolute atomic E-state index is 12.3. The molecule has 1 aliphatic heterocycles. The Morgan fingerprint density at radius 2 is 1.89 bits per heavy atom. The molecule has 1 N–H and O–H groups in total. The van der Waals surface area contributed by atoms with E-state index in [1.54, 1.807) is 18.2 Å². The molecule has 3 rings (SSSR count). The van der Waals surface area contributed by atoms with Crippen LogP contribution < -0.4 is 14.8 Å². The summed E-state index contributed by atoms with van der Waals surface area (Å²) in [6, 6.07) is 8.39. The van der Waals surface area contributed by atoms with Crippen molar-refractivity contribution in [3.8, 4) is 11.5 Å². The SMILES string of the molecule is CC(OC(=O)c1ccc(Cl)cc1[N+](=O)[O-])C(=O)Nc1ccc2c(c1)OCCO2. The number of anilines is 1. The Morgan fingerprint density at radius 1 is 1.18 bits per heavy atom. The molecule has 0 fully saturated rings. The molecule has 0 aromatic heterocycles. The van der Waals surface area contributed by atoms with Crippen LogP contribution in [0.25, 0.3) is 0 Å². The Labute approximate surface area is 164 Å². The Morgan fingerprint density at radius 3 is 2.61 bits per heavy atom. The van der Waals surface area contributed by atoms with Crippen molar-refractivity contribution in [3.63, 3.8) is 0 Å². The van der Waals surface area contributed by atoms with Crippen molar-refractivity contribution in [2.24, 2.45) is 0 Å². The molecule has 1 aliphatic rings. The zero-order valence-corrected chi connectivity index (χ0v) is 15.4. The molecule has 0 bridgehead atoms. The van der Waals surface area contributed by atoms with Crippen LogP contribution in [0.5, 0.6) is 11.5 Å². The summed E-state index contributed by atoms with van der Waals surface area (Å²) in [5.74, 6) is -0.556. The topological polar surface area (TPSA) is 117 Å². The summed E-state index contributed by atoms with van der Waals surface area (Å²) in [5, 5.41) is 13.8. The van der Waals surface area contributed by atoms with E-state index in [0.29, 0.717) is 30.4 Å². The fraction of sp³-hybridized carbons (Fsp3) is 0.222. The predicted octanol–water partition coefficient (Wildman–Crippen LogP) is 3.20. The maximum Gasteiger partial charge on any atom is 0.345 e. The first-order valence-electron chi connectivity index (χ1n) is 8.20. The van der Waals surface area contributed by atoms with Crippen LogP contribution in [0, 0.1) is 10.1 Å². The van der Waals surface area contributed by atoms with E-state index in [2.05, 4.69) is 5.32 Å². The molecule has 0 aliphatic carbocycles. The Kier molecular flexibility index (Phi) is 5.65. The van der Waals surface area contributed by atoms with E-state index in [1.165, 1.54) is 19.1 Å². The lowest BCUT2D eigenvalue weighted by molar-refractivity contribution is -0.385. The van der Waals surface area contributed by atoms with Gasteiger partial charge in [-0.2, -0.15) is 0 Å². The van der Waals surface area contributed by atoms with Crippen molar-refractivity contribution in [3.05, 3.63) is 57.1 Å². The highest BCUT2D eigenvalue weighted by atomic mass is 35.5. The van der Waals surface area contributed by atoms with Crippen molar-refractivity contribution in [2.45, 2.75) is 13.0 Å². The Bertz CT molecular complexity index is 948. The quantitative estimate of drug-likeness (QED) is 0.460. The van der Waals surface area contributed by atoms with Crippen molar-refractivity contribution >= 4 is 34.9 Å². The van der Waals surface area contributed by atoms with Gasteiger partial charge in [0.2, 0.25) is 0 Å². The van der Waals surface area contributed by atoms with Gasteiger partial charge in [0.15, 0.2) is 17.6 Å². The largest absolute Gasteiger partial charge is 0.486 e. The number of amides is 1. The fourth-order valence-corrected chi connectivity index (χ4v) is 2.64. The number of esters is 1. The molecule has 0 spiro atoms. The van der Waals surface area contributed by atoms with Gasteiger partial charge in [-0.3, -0.25) is 14.9 Å². The zero-order chi connectivity index (χ0) is 20.3. The third kappa shape index (κ3) is 4.32. The molecule has 1 atom stereocenters. The first kappa shape index (κ1) is 19.4. The van der Waals surface area contributed by atoms with Gasteiger partial charge in [-0.25, -0.2) is 4.79 Å². The monoisotopic (exact) mass is 406 g/mol. The number of ether oxygens (including phenoxy) is 3. The Balaban J connectivity index is 1.67. The first-order valence-corrected chi connectivity index (χ1v) is 8.58. The molecule has 0 saturated heterocycles. The normalized spacial score (nSPS) is 13.4. The molecule has 0 saturated carbocycles. The average Bonchev–Trinajstić information content (AvgIpc) is 2.67. The van der Waals surface area contributed by atoms with Gasteiger partial charge in [0.1, 0.15) is 18.8 Å². The van der Waals surface area contributed by atoms with Crippen LogP contribution in [-0.2, 0) is 9.53 Å². The summed E-state index contributed by atoms with van der Waals surface area (Å²) in [6.07, 6.45) is -1.20. The van der Waals surface area contributed by atoms with Crippen LogP contribution in [0.1, 0.15) is 17.3 Å². The lowest BCUT2D eigenvalue weighted by Crippen LogP contribution is -2.30. The number of nitro groups is 1. The van der Waals surface area contributed by atoms with Crippen molar-refractivity contribution in [2.75, 3.05) is 18.5 Å². The van der Waals surface area contributed by atoms with Gasteiger partial charge >= 0.3 is 5.97 Å². The van der Waals surface area contributed by atoms with Gasteiger partial charge < -0.3 is 19.5 Å². The number of hydrogen-bond donors (Lipinski definition) is 1. The predicted molar refractivity (Wildman–Crippen MR) is 99.0 cm³/mol. The highest BCUT2D eigenvalue weighted by Crippen LogP contribution is 2.32. The number of hydrogen-bond acceptors (Lipinski definition) is 7. The fourth-order valence-electron chi connectivity index (χ4n) is 2.47. The smallest absolute Gasteiger partial charge is 0.345 e. The second-order valence-corrected chi connectivity index (χ2v) is 6.25. The number of carbonyl (C=O) groups excluding carboxylic acids is 2. The molecule has 9 nitrogen and oxygen atoms in total. The molecular formula is C18H15ClN2O7. The van der Waals surface area contributed by atoms with Gasteiger partial charge in [0, 0.05) is 22.8 Å². The lowest BCUT2D eigenvalue weighted by Gasteiger charge is -2.19. The molecule has 1 amide bonds. The highest BCUT2D eigenvalue weighted by Gasteiger charge is 2.26. The molecule has 10 heteroatoms. The molecule has 2 aromatic carbocycles. The zero-order valence-electron chi connectivity index (χ0n) is 14.6. The number of fused-ring (bicyclic) bond motifs is 1. The van der Waals surface area contributed by atoms with Crippen LogP contribution in [0.3, 0.4) is 0 Å². The van der Waals surface area contributed by atoms with Crippen molar-refractivity contribution in [1.29, 1.82) is 0 Å². The number of benzene rings is 2. The summed E-state index contributed by atoms with van der Waals surface area (Å²) < 4.78 is 15.9. The second kappa shape index (κ2) is 8.13. The summed E-state index contributed by atoms with van der Waals surface area (Å²) in [6.45, 7) is 2.20. The molecule has 146 valence electrons. The van der Waals surface area contributed by atoms with Gasteiger partial charge in [0.05, 0.1) is 4.92 Å². The summed E-state index contributed by atoms with van der Waals surface area (Å²) in [4.78, 5) is 34.9. The van der Waals surface area contributed by atoms with Gasteiger partial charge in [0.25, 0.3) is 11.6 Å². The Hall–Kier alpha value is -3.33. The second-order valence-electron chi connectivity index (χ2n) is 5.81. The van der Waals surface area contributed by atoms with E-state index < -0.39 is 28.6 Å². The summed E-state index contributed by atoms with van der Waals surface area (Å²) >= 11 is 5.72. The molecule has 0 radical (unpaired) electrons. The number of nitrogens with zero attached hydrogens (tertiary/aromatic N) is 1. The highest BCUT2D eigenvalue weighted by molar-refractivity contribution is 6.31. The van der Waals surface area contributed by atoms with Crippen LogP contribution >= 0.6 is 11.6 Å². The van der Waals surface area contributed by atoms with Crippen LogP contribution in [0.15, 0.2) is 36.4 Å². The molecule has 1 unspecified atom stereocenters. The minimum Gasteiger partial charge on any atom is -0.486 e. The first-order chi connectivity index (χ1) is 13.3. The maximum atomic E-state index is 12.3. The van der Waals surface area contributed by atoms with Crippen molar-refractivity contribution < 1.29 is 28.7 Å². The molecule has 2 aromatic rings. The van der Waals surface area contributed by atoms with Crippen LogP contribution in [0.4, 0.5) is 11.4 Å². The van der Waals surface area contributed by atoms with Gasteiger partial charge in [-0.15, -0.1) is 0 Å². The van der Waals surface area contributed by atoms with Gasteiger partial charge in [-0.1, -0.05) is 11.6 Å². The third-order valence-electron chi connectivity index (χ3n) is 3.84. The number of nitrogens with one attached hydrogen (secondary N) is 1. The standard InChI is InChI=1S/C18H15ClN2O7/c1-10(28-18(23)13-4-2-11(19)8-14(13)21(24)25)17(22)20-12-3-5-15-16(9-12)27-7-6-26-15/h2-5,8-10H,6-7H2,1H3,(H,20,22). The van der Waals surface area contributed by atoms with E-state index in [4.69, 9.17) is 25.8 Å². The number of nitro benzene ring substituents is 1. The number of halogens is 1. The third-order valence-corrected chi connectivity index (χ3v) is 4.07. The van der Waals surface area contributed by atoms with E-state index in [9.17, 15) is 19.7 Å². The number of rotatable bonds is 5. The molecule has 28 heavy (non-hydrogen) atoms. The van der Waals surface area contributed by atoms with E-state index >= 15 is 0 Å². The molecular weight excluding hydrogens is 392 g/mol. The summed E-state index contributed by atoms with van der Waals surface area (Å²) in [7, 11) is 0. The van der Waals surface area contributed by atoms with Gasteiger partial charge in [-0.05, 0) is 31.2 Å². The average molecular weight is 407 g/mol. The van der Waals surface area contributed by atoms with Crippen LogP contribution in [0.2, 0.25) is 5.02 Å². The van der Waals surface area contributed by atoms with Crippen LogP contribution in [-0.4, -0.2) is 36.1 Å². The lowest BCUT2D eigenvalue weighted by atomic mass is 10.2. The minimum absolute atomic E-state index is 0.104. The molecule has 1 heterocycles. The van der Waals surface area contributed by atoms with E-state index in [0.717, 1.165) is 6.07 Å².